The Morgan fingerprint density at radius 2 is 1.48 bits per heavy atom. The summed E-state index contributed by atoms with van der Waals surface area (Å²) in [5, 5.41) is 0. The lowest BCUT2D eigenvalue weighted by molar-refractivity contribution is -0.274. The molecule has 0 heterocycles. The van der Waals surface area contributed by atoms with Crippen LogP contribution in [0.3, 0.4) is 0 Å². The van der Waals surface area contributed by atoms with Crippen molar-refractivity contribution in [2.45, 2.75) is 25.6 Å². The van der Waals surface area contributed by atoms with E-state index in [4.69, 9.17) is 4.74 Å². The Balaban J connectivity index is 1.52. The third kappa shape index (κ3) is 7.03. The maximum absolute atomic E-state index is 12.5. The molecule has 0 saturated carbocycles. The minimum atomic E-state index is -4.69. The minimum absolute atomic E-state index is 0.157. The van der Waals surface area contributed by atoms with Gasteiger partial charge in [-0.1, -0.05) is 60.7 Å². The lowest BCUT2D eigenvalue weighted by Crippen LogP contribution is -2.18. The van der Waals surface area contributed by atoms with E-state index in [-0.39, 0.29) is 5.75 Å². The van der Waals surface area contributed by atoms with Crippen LogP contribution in [0.4, 0.5) is 13.2 Å². The second-order valence-electron chi connectivity index (χ2n) is 6.43. The first-order valence-electron chi connectivity index (χ1n) is 9.30. The number of halogens is 3. The first kappa shape index (κ1) is 20.5. The molecule has 5 heteroatoms. The highest BCUT2D eigenvalue weighted by molar-refractivity contribution is 5.35. The molecule has 0 aliphatic rings. The third-order valence-corrected chi connectivity index (χ3v) is 4.18. The zero-order chi connectivity index (χ0) is 20.5. The van der Waals surface area contributed by atoms with Crippen LogP contribution in [-0.2, 0) is 12.8 Å². The molecule has 0 radical (unpaired) electrons. The van der Waals surface area contributed by atoms with Crippen LogP contribution in [0.5, 0.6) is 17.2 Å². The predicted octanol–water partition coefficient (Wildman–Crippen LogP) is 7.11. The van der Waals surface area contributed by atoms with E-state index in [1.807, 2.05) is 66.7 Å². The summed E-state index contributed by atoms with van der Waals surface area (Å²) in [6.45, 7) is 0. The zero-order valence-corrected chi connectivity index (χ0v) is 15.7. The number of aryl methyl sites for hydroxylation is 1. The molecule has 0 fully saturated rings. The van der Waals surface area contributed by atoms with E-state index in [0.717, 1.165) is 29.9 Å². The van der Waals surface area contributed by atoms with Gasteiger partial charge in [-0.2, -0.15) is 0 Å². The van der Waals surface area contributed by atoms with E-state index >= 15 is 0 Å². The molecule has 0 amide bonds. The fourth-order valence-corrected chi connectivity index (χ4v) is 2.86. The van der Waals surface area contributed by atoms with Crippen molar-refractivity contribution >= 4 is 0 Å². The Bertz CT molecular complexity index is 934. The Kier molecular flexibility index (Phi) is 6.95. The van der Waals surface area contributed by atoms with Gasteiger partial charge in [0.2, 0.25) is 0 Å². The SMILES string of the molecule is FC(F)(F)Oc1ccccc1C/C=C/CCc1cccc(Oc2ccccc2)c1. The number of rotatable bonds is 8. The van der Waals surface area contributed by atoms with Crippen molar-refractivity contribution in [3.63, 3.8) is 0 Å². The lowest BCUT2D eigenvalue weighted by Gasteiger charge is -2.12. The molecule has 0 spiro atoms. The summed E-state index contributed by atoms with van der Waals surface area (Å²) in [6, 6.07) is 23.6. The number of para-hydroxylation sites is 2. The second kappa shape index (κ2) is 9.82. The maximum Gasteiger partial charge on any atom is 0.573 e. The molecule has 0 saturated heterocycles. The molecule has 3 aromatic rings. The van der Waals surface area contributed by atoms with E-state index in [1.54, 1.807) is 12.1 Å². The van der Waals surface area contributed by atoms with Crippen LogP contribution in [0.2, 0.25) is 0 Å². The van der Waals surface area contributed by atoms with Crippen LogP contribution in [-0.4, -0.2) is 6.36 Å². The average molecular weight is 398 g/mol. The van der Waals surface area contributed by atoms with E-state index in [1.165, 1.54) is 12.1 Å². The van der Waals surface area contributed by atoms with Crippen LogP contribution in [0.25, 0.3) is 0 Å². The molecule has 0 aliphatic heterocycles. The fourth-order valence-electron chi connectivity index (χ4n) is 2.86. The smallest absolute Gasteiger partial charge is 0.457 e. The number of alkyl halides is 3. The topological polar surface area (TPSA) is 18.5 Å². The standard InChI is InChI=1S/C24H21F3O2/c25-24(26,27)29-23-17-8-7-13-20(23)12-4-1-3-10-19-11-9-16-22(18-19)28-21-14-5-2-6-15-21/h1-2,4-9,11,13-18H,3,10,12H2/b4-1+. The molecule has 0 N–H and O–H groups in total. The molecule has 150 valence electrons. The van der Waals surface area contributed by atoms with Gasteiger partial charge in [0.25, 0.3) is 0 Å². The molecular formula is C24H21F3O2. The molecule has 0 aromatic heterocycles. The maximum atomic E-state index is 12.5. The van der Waals surface area contributed by atoms with Crippen LogP contribution < -0.4 is 9.47 Å². The average Bonchev–Trinajstić information content (AvgIpc) is 2.69. The van der Waals surface area contributed by atoms with Crippen molar-refractivity contribution in [2.75, 3.05) is 0 Å². The molecule has 0 atom stereocenters. The Labute approximate surface area is 168 Å². The Morgan fingerprint density at radius 1 is 0.759 bits per heavy atom. The summed E-state index contributed by atoms with van der Waals surface area (Å²) in [5.74, 6) is 1.40. The lowest BCUT2D eigenvalue weighted by atomic mass is 10.1. The fraction of sp³-hybridized carbons (Fsp3) is 0.167. The van der Waals surface area contributed by atoms with Gasteiger partial charge in [-0.15, -0.1) is 13.2 Å². The number of hydrogen-bond donors (Lipinski definition) is 0. The summed E-state index contributed by atoms with van der Waals surface area (Å²) in [5.41, 5.74) is 1.63. The summed E-state index contributed by atoms with van der Waals surface area (Å²) < 4.78 is 47.3. The molecule has 29 heavy (non-hydrogen) atoms. The molecular weight excluding hydrogens is 377 g/mol. The van der Waals surface area contributed by atoms with Gasteiger partial charge in [0.1, 0.15) is 17.2 Å². The Hall–Kier alpha value is -3.21. The molecule has 0 bridgehead atoms. The van der Waals surface area contributed by atoms with Crippen LogP contribution in [0, 0.1) is 0 Å². The second-order valence-corrected chi connectivity index (χ2v) is 6.43. The number of ether oxygens (including phenoxy) is 2. The summed E-state index contributed by atoms with van der Waals surface area (Å²) >= 11 is 0. The third-order valence-electron chi connectivity index (χ3n) is 4.18. The molecule has 2 nitrogen and oxygen atoms in total. The summed E-state index contributed by atoms with van der Waals surface area (Å²) in [7, 11) is 0. The minimum Gasteiger partial charge on any atom is -0.457 e. The largest absolute Gasteiger partial charge is 0.573 e. The normalized spacial score (nSPS) is 11.6. The van der Waals surface area contributed by atoms with Crippen molar-refractivity contribution in [2.24, 2.45) is 0 Å². The van der Waals surface area contributed by atoms with Crippen molar-refractivity contribution in [3.8, 4) is 17.2 Å². The highest BCUT2D eigenvalue weighted by Crippen LogP contribution is 2.27. The van der Waals surface area contributed by atoms with Gasteiger partial charge in [0.15, 0.2) is 0 Å². The van der Waals surface area contributed by atoms with Gasteiger partial charge in [0, 0.05) is 0 Å². The highest BCUT2D eigenvalue weighted by Gasteiger charge is 2.31. The van der Waals surface area contributed by atoms with Crippen molar-refractivity contribution in [1.82, 2.24) is 0 Å². The first-order valence-corrected chi connectivity index (χ1v) is 9.30. The van der Waals surface area contributed by atoms with Gasteiger partial charge in [-0.05, 0) is 60.7 Å². The van der Waals surface area contributed by atoms with Crippen LogP contribution in [0.1, 0.15) is 17.5 Å². The highest BCUT2D eigenvalue weighted by atomic mass is 19.4. The van der Waals surface area contributed by atoms with Gasteiger partial charge in [-0.25, -0.2) is 0 Å². The van der Waals surface area contributed by atoms with Crippen LogP contribution >= 0.6 is 0 Å². The molecule has 3 aromatic carbocycles. The van der Waals surface area contributed by atoms with E-state index in [2.05, 4.69) is 4.74 Å². The van der Waals surface area contributed by atoms with E-state index < -0.39 is 6.36 Å². The Morgan fingerprint density at radius 3 is 2.28 bits per heavy atom. The number of benzene rings is 3. The quantitative estimate of drug-likeness (QED) is 0.377. The molecule has 3 rings (SSSR count). The van der Waals surface area contributed by atoms with Gasteiger partial charge < -0.3 is 9.47 Å². The van der Waals surface area contributed by atoms with Gasteiger partial charge in [0.05, 0.1) is 0 Å². The van der Waals surface area contributed by atoms with E-state index in [9.17, 15) is 13.2 Å². The predicted molar refractivity (Wildman–Crippen MR) is 107 cm³/mol. The van der Waals surface area contributed by atoms with Crippen LogP contribution in [0.15, 0.2) is 91.0 Å². The first-order chi connectivity index (χ1) is 14.0. The number of hydrogen-bond acceptors (Lipinski definition) is 2. The summed E-state index contributed by atoms with van der Waals surface area (Å²) in [6.07, 6.45) is 1.11. The van der Waals surface area contributed by atoms with Crippen molar-refractivity contribution < 1.29 is 22.6 Å². The number of allylic oxidation sites excluding steroid dienone is 2. The van der Waals surface area contributed by atoms with Crippen molar-refractivity contribution in [3.05, 3.63) is 102 Å². The van der Waals surface area contributed by atoms with Gasteiger partial charge in [-0.3, -0.25) is 0 Å². The van der Waals surface area contributed by atoms with Crippen molar-refractivity contribution in [1.29, 1.82) is 0 Å². The summed E-state index contributed by atoms with van der Waals surface area (Å²) in [4.78, 5) is 0. The van der Waals surface area contributed by atoms with Gasteiger partial charge >= 0.3 is 6.36 Å². The monoisotopic (exact) mass is 398 g/mol. The van der Waals surface area contributed by atoms with E-state index in [0.29, 0.717) is 12.0 Å². The molecule has 0 unspecified atom stereocenters. The molecule has 0 aliphatic carbocycles. The zero-order valence-electron chi connectivity index (χ0n) is 15.7.